The molecule has 4 aromatic rings. The zero-order valence-corrected chi connectivity index (χ0v) is 18.7. The fourth-order valence-electron chi connectivity index (χ4n) is 3.73. The fourth-order valence-corrected chi connectivity index (χ4v) is 3.73. The predicted octanol–water partition coefficient (Wildman–Crippen LogP) is 6.68. The van der Waals surface area contributed by atoms with E-state index in [4.69, 9.17) is 9.57 Å². The summed E-state index contributed by atoms with van der Waals surface area (Å²) in [4.78, 5) is 5.45. The summed E-state index contributed by atoms with van der Waals surface area (Å²) in [7, 11) is 1.62. The van der Waals surface area contributed by atoms with Crippen LogP contribution in [0.25, 0.3) is 16.9 Å². The number of oxime groups is 1. The molecule has 1 aromatic heterocycles. The number of ether oxygens (including phenoxy) is 1. The van der Waals surface area contributed by atoms with Gasteiger partial charge in [0.05, 0.1) is 18.5 Å². The summed E-state index contributed by atoms with van der Waals surface area (Å²) in [5.41, 5.74) is 5.58. The highest BCUT2D eigenvalue weighted by Crippen LogP contribution is 2.31. The van der Waals surface area contributed by atoms with Gasteiger partial charge in [0.15, 0.2) is 0 Å². The van der Waals surface area contributed by atoms with Gasteiger partial charge >= 0.3 is 0 Å². The van der Waals surface area contributed by atoms with Gasteiger partial charge in [0.1, 0.15) is 24.0 Å². The third kappa shape index (κ3) is 4.80. The highest BCUT2D eigenvalue weighted by atomic mass is 19.1. The molecule has 0 radical (unpaired) electrons. The van der Waals surface area contributed by atoms with Crippen LogP contribution in [0.1, 0.15) is 23.7 Å². The maximum atomic E-state index is 13.8. The zero-order chi connectivity index (χ0) is 23.4. The van der Waals surface area contributed by atoms with Crippen molar-refractivity contribution in [1.82, 2.24) is 4.57 Å². The van der Waals surface area contributed by atoms with Crippen LogP contribution in [0.2, 0.25) is 0 Å². The van der Waals surface area contributed by atoms with E-state index in [0.29, 0.717) is 11.3 Å². The summed E-state index contributed by atoms with van der Waals surface area (Å²) in [6.07, 6.45) is 0. The Kier molecular flexibility index (Phi) is 6.54. The van der Waals surface area contributed by atoms with E-state index in [-0.39, 0.29) is 18.2 Å². The number of aromatic nitrogens is 1. The van der Waals surface area contributed by atoms with Gasteiger partial charge in [0.2, 0.25) is 0 Å². The van der Waals surface area contributed by atoms with Crippen molar-refractivity contribution < 1.29 is 18.4 Å². The first-order chi connectivity index (χ1) is 16.0. The molecule has 4 nitrogen and oxygen atoms in total. The van der Waals surface area contributed by atoms with Crippen molar-refractivity contribution >= 4 is 5.71 Å². The van der Waals surface area contributed by atoms with Crippen LogP contribution >= 0.6 is 0 Å². The Morgan fingerprint density at radius 1 is 0.939 bits per heavy atom. The zero-order valence-electron chi connectivity index (χ0n) is 18.7. The van der Waals surface area contributed by atoms with Gasteiger partial charge in [-0.05, 0) is 80.1 Å². The Bertz CT molecular complexity index is 1280. The first kappa shape index (κ1) is 22.3. The van der Waals surface area contributed by atoms with E-state index in [1.807, 2.05) is 44.2 Å². The average molecular weight is 446 g/mol. The molecule has 0 aliphatic rings. The summed E-state index contributed by atoms with van der Waals surface area (Å²) >= 11 is 0. The molecule has 0 unspecified atom stereocenters. The Labute approximate surface area is 191 Å². The first-order valence-electron chi connectivity index (χ1n) is 10.5. The van der Waals surface area contributed by atoms with Crippen LogP contribution in [-0.2, 0) is 11.4 Å². The number of methoxy groups -OCH3 is 1. The van der Waals surface area contributed by atoms with Crippen molar-refractivity contribution in [1.29, 1.82) is 0 Å². The van der Waals surface area contributed by atoms with Crippen molar-refractivity contribution in [2.75, 3.05) is 7.11 Å². The maximum Gasteiger partial charge on any atom is 0.145 e. The molecule has 0 atom stereocenters. The number of hydrogen-bond acceptors (Lipinski definition) is 3. The average Bonchev–Trinajstić information content (AvgIpc) is 3.18. The molecule has 6 heteroatoms. The highest BCUT2D eigenvalue weighted by Gasteiger charge is 2.17. The third-order valence-electron chi connectivity index (χ3n) is 5.49. The SMILES string of the molecule is COc1ccc(-n2c(-c3ccc(F)cc3)cc(/C(C)=N\OCc3ccccc3F)c2C)cc1. The van der Waals surface area contributed by atoms with Crippen molar-refractivity contribution in [3.63, 3.8) is 0 Å². The lowest BCUT2D eigenvalue weighted by Gasteiger charge is -2.13. The number of hydrogen-bond donors (Lipinski definition) is 0. The van der Waals surface area contributed by atoms with Gasteiger partial charge in [-0.25, -0.2) is 8.78 Å². The third-order valence-corrected chi connectivity index (χ3v) is 5.49. The maximum absolute atomic E-state index is 13.8. The van der Waals surface area contributed by atoms with E-state index >= 15 is 0 Å². The molecule has 0 fully saturated rings. The van der Waals surface area contributed by atoms with Crippen LogP contribution in [0, 0.1) is 18.6 Å². The van der Waals surface area contributed by atoms with Crippen molar-refractivity contribution in [3.05, 3.63) is 107 Å². The number of benzene rings is 3. The summed E-state index contributed by atoms with van der Waals surface area (Å²) < 4.78 is 34.8. The Hall–Kier alpha value is -3.93. The predicted molar refractivity (Wildman–Crippen MR) is 126 cm³/mol. The molecule has 0 N–H and O–H groups in total. The van der Waals surface area contributed by atoms with E-state index in [9.17, 15) is 8.78 Å². The number of nitrogens with zero attached hydrogens (tertiary/aromatic N) is 2. The van der Waals surface area contributed by atoms with Crippen molar-refractivity contribution in [3.8, 4) is 22.7 Å². The standard InChI is InChI=1S/C27H24F2N2O2/c1-18(30-33-17-21-6-4-5-7-26(21)29)25-16-27(20-8-10-22(28)11-9-20)31(19(25)2)23-12-14-24(32-3)15-13-23/h4-16H,17H2,1-3H3/b30-18-. The Morgan fingerprint density at radius 3 is 2.30 bits per heavy atom. The van der Waals surface area contributed by atoms with Crippen molar-refractivity contribution in [2.45, 2.75) is 20.5 Å². The van der Waals surface area contributed by atoms with Crippen LogP contribution in [0.4, 0.5) is 8.78 Å². The van der Waals surface area contributed by atoms with E-state index < -0.39 is 0 Å². The fraction of sp³-hybridized carbons (Fsp3) is 0.148. The molecule has 4 rings (SSSR count). The van der Waals surface area contributed by atoms with E-state index in [1.54, 1.807) is 37.4 Å². The molecule has 3 aromatic carbocycles. The highest BCUT2D eigenvalue weighted by molar-refractivity contribution is 6.01. The second-order valence-corrected chi connectivity index (χ2v) is 7.61. The van der Waals surface area contributed by atoms with E-state index in [0.717, 1.165) is 34.0 Å². The normalized spacial score (nSPS) is 11.5. The van der Waals surface area contributed by atoms with Gasteiger partial charge in [-0.2, -0.15) is 0 Å². The summed E-state index contributed by atoms with van der Waals surface area (Å²) in [5.74, 6) is 0.134. The molecule has 1 heterocycles. The minimum Gasteiger partial charge on any atom is -0.497 e. The first-order valence-corrected chi connectivity index (χ1v) is 10.5. The quantitative estimate of drug-likeness (QED) is 0.234. The molecule has 168 valence electrons. The number of rotatable bonds is 7. The molecule has 33 heavy (non-hydrogen) atoms. The van der Waals surface area contributed by atoms with Gasteiger partial charge in [-0.15, -0.1) is 0 Å². The summed E-state index contributed by atoms with van der Waals surface area (Å²) in [6.45, 7) is 3.87. The molecular formula is C27H24F2N2O2. The Balaban J connectivity index is 1.72. The van der Waals surface area contributed by atoms with Gasteiger partial charge in [0.25, 0.3) is 0 Å². The summed E-state index contributed by atoms with van der Waals surface area (Å²) in [5, 5.41) is 4.23. The molecule has 0 aliphatic carbocycles. The molecule has 0 spiro atoms. The van der Waals surface area contributed by atoms with Gasteiger partial charge in [-0.3, -0.25) is 0 Å². The van der Waals surface area contributed by atoms with E-state index in [1.165, 1.54) is 18.2 Å². The van der Waals surface area contributed by atoms with Crippen LogP contribution in [-0.4, -0.2) is 17.4 Å². The van der Waals surface area contributed by atoms with E-state index in [2.05, 4.69) is 9.72 Å². The molecule has 0 bridgehead atoms. The van der Waals surface area contributed by atoms with Crippen LogP contribution < -0.4 is 4.74 Å². The lowest BCUT2D eigenvalue weighted by atomic mass is 10.1. The molecule has 0 aliphatic heterocycles. The van der Waals surface area contributed by atoms with Crippen molar-refractivity contribution in [2.24, 2.45) is 5.16 Å². The molecule has 0 saturated carbocycles. The molecular weight excluding hydrogens is 422 g/mol. The Morgan fingerprint density at radius 2 is 1.64 bits per heavy atom. The minimum atomic E-state index is -0.328. The molecule has 0 saturated heterocycles. The van der Waals surface area contributed by atoms with Gasteiger partial charge < -0.3 is 14.1 Å². The lowest BCUT2D eigenvalue weighted by molar-refractivity contribution is 0.128. The monoisotopic (exact) mass is 446 g/mol. The smallest absolute Gasteiger partial charge is 0.145 e. The minimum absolute atomic E-state index is 0.0348. The van der Waals surface area contributed by atoms with Gasteiger partial charge in [-0.1, -0.05) is 23.4 Å². The van der Waals surface area contributed by atoms with Gasteiger partial charge in [0, 0.05) is 22.5 Å². The second kappa shape index (κ2) is 9.69. The lowest BCUT2D eigenvalue weighted by Crippen LogP contribution is -2.03. The molecule has 0 amide bonds. The summed E-state index contributed by atoms with van der Waals surface area (Å²) in [6, 6.07) is 22.5. The van der Waals surface area contributed by atoms with Crippen LogP contribution in [0.15, 0.2) is 84.0 Å². The largest absolute Gasteiger partial charge is 0.497 e. The van der Waals surface area contributed by atoms with Crippen LogP contribution in [0.3, 0.4) is 0 Å². The topological polar surface area (TPSA) is 35.8 Å². The second-order valence-electron chi connectivity index (χ2n) is 7.61. The van der Waals surface area contributed by atoms with Crippen LogP contribution in [0.5, 0.6) is 5.75 Å². The number of halogens is 2.